The molecule has 4 rings (SSSR count). The van der Waals surface area contributed by atoms with Gasteiger partial charge in [0.25, 0.3) is 0 Å². The Morgan fingerprint density at radius 1 is 1.10 bits per heavy atom. The Bertz CT molecular complexity index is 1210. The predicted molar refractivity (Wildman–Crippen MR) is 115 cm³/mol. The van der Waals surface area contributed by atoms with Gasteiger partial charge in [-0.05, 0) is 48.7 Å². The van der Waals surface area contributed by atoms with E-state index in [0.717, 1.165) is 54.2 Å². The number of hydrogen-bond acceptors (Lipinski definition) is 7. The SMILES string of the molecule is COCc1cnc2c(-c3nc4c(Cl)c(C)c(COCO)cc4s3)cc(C)cc2n1. The molecule has 150 valence electrons. The summed E-state index contributed by atoms with van der Waals surface area (Å²) in [6, 6.07) is 6.11. The molecule has 0 radical (unpaired) electrons. The smallest absolute Gasteiger partial charge is 0.144 e. The Balaban J connectivity index is 1.88. The number of halogens is 1. The highest BCUT2D eigenvalue weighted by Crippen LogP contribution is 2.39. The molecule has 0 atom stereocenters. The normalized spacial score (nSPS) is 11.6. The number of hydrogen-bond donors (Lipinski definition) is 1. The molecule has 0 amide bonds. The molecule has 0 aliphatic rings. The molecule has 0 spiro atoms. The maximum atomic E-state index is 8.95. The topological polar surface area (TPSA) is 77.4 Å². The van der Waals surface area contributed by atoms with E-state index in [4.69, 9.17) is 31.2 Å². The van der Waals surface area contributed by atoms with Crippen LogP contribution in [0.3, 0.4) is 0 Å². The molecule has 2 aromatic heterocycles. The molecule has 29 heavy (non-hydrogen) atoms. The molecule has 0 bridgehead atoms. The first-order valence-electron chi connectivity index (χ1n) is 9.04. The zero-order valence-corrected chi connectivity index (χ0v) is 17.9. The van der Waals surface area contributed by atoms with Crippen LogP contribution in [0.25, 0.3) is 31.8 Å². The minimum Gasteiger partial charge on any atom is -0.378 e. The average molecular weight is 430 g/mol. The zero-order valence-electron chi connectivity index (χ0n) is 16.3. The quantitative estimate of drug-likeness (QED) is 0.444. The van der Waals surface area contributed by atoms with Crippen LogP contribution in [-0.4, -0.2) is 34.0 Å². The fraction of sp³-hybridized carbons (Fsp3) is 0.286. The van der Waals surface area contributed by atoms with E-state index in [1.54, 1.807) is 24.6 Å². The second-order valence-corrected chi connectivity index (χ2v) is 8.20. The highest BCUT2D eigenvalue weighted by Gasteiger charge is 2.17. The van der Waals surface area contributed by atoms with Gasteiger partial charge in [-0.1, -0.05) is 11.6 Å². The molecule has 1 N–H and O–H groups in total. The van der Waals surface area contributed by atoms with Crippen molar-refractivity contribution in [2.24, 2.45) is 0 Å². The van der Waals surface area contributed by atoms with Gasteiger partial charge in [0.1, 0.15) is 17.3 Å². The number of thiazole rings is 1. The number of aliphatic hydroxyl groups is 1. The number of aryl methyl sites for hydroxylation is 1. The third kappa shape index (κ3) is 3.84. The number of ether oxygens (including phenoxy) is 2. The molecule has 0 saturated carbocycles. The molecular formula is C21H20ClN3O3S. The lowest BCUT2D eigenvalue weighted by atomic mass is 10.1. The summed E-state index contributed by atoms with van der Waals surface area (Å²) in [5.41, 5.74) is 7.00. The fourth-order valence-electron chi connectivity index (χ4n) is 3.28. The summed E-state index contributed by atoms with van der Waals surface area (Å²) in [5.74, 6) is 0. The Hall–Kier alpha value is -2.16. The third-order valence-corrected chi connectivity index (χ3v) is 6.19. The number of rotatable bonds is 6. The van der Waals surface area contributed by atoms with E-state index < -0.39 is 0 Å². The van der Waals surface area contributed by atoms with Crippen molar-refractivity contribution in [1.82, 2.24) is 15.0 Å². The van der Waals surface area contributed by atoms with Gasteiger partial charge < -0.3 is 14.6 Å². The predicted octanol–water partition coefficient (Wildman–Crippen LogP) is 4.79. The van der Waals surface area contributed by atoms with Gasteiger partial charge in [-0.25, -0.2) is 9.97 Å². The van der Waals surface area contributed by atoms with Crippen LogP contribution in [0.1, 0.15) is 22.4 Å². The number of nitrogens with zero attached hydrogens (tertiary/aromatic N) is 3. The highest BCUT2D eigenvalue weighted by molar-refractivity contribution is 7.21. The largest absolute Gasteiger partial charge is 0.378 e. The Morgan fingerprint density at radius 3 is 2.69 bits per heavy atom. The van der Waals surface area contributed by atoms with E-state index >= 15 is 0 Å². The number of fused-ring (bicyclic) bond motifs is 2. The molecule has 2 aromatic carbocycles. The monoisotopic (exact) mass is 429 g/mol. The highest BCUT2D eigenvalue weighted by atomic mass is 35.5. The molecule has 0 saturated heterocycles. The van der Waals surface area contributed by atoms with Crippen LogP contribution >= 0.6 is 22.9 Å². The summed E-state index contributed by atoms with van der Waals surface area (Å²) in [7, 11) is 1.64. The van der Waals surface area contributed by atoms with Crippen molar-refractivity contribution in [2.45, 2.75) is 27.1 Å². The van der Waals surface area contributed by atoms with Gasteiger partial charge in [0.15, 0.2) is 0 Å². The summed E-state index contributed by atoms with van der Waals surface area (Å²) in [6.07, 6.45) is 1.74. The van der Waals surface area contributed by atoms with E-state index in [-0.39, 0.29) is 6.79 Å². The van der Waals surface area contributed by atoms with Crippen LogP contribution in [0.2, 0.25) is 5.02 Å². The third-order valence-electron chi connectivity index (χ3n) is 4.69. The Morgan fingerprint density at radius 2 is 1.93 bits per heavy atom. The molecule has 8 heteroatoms. The van der Waals surface area contributed by atoms with Crippen LogP contribution in [-0.2, 0) is 22.7 Å². The summed E-state index contributed by atoms with van der Waals surface area (Å²) >= 11 is 8.15. The number of aliphatic hydroxyl groups excluding tert-OH is 1. The van der Waals surface area contributed by atoms with Crippen LogP contribution in [0, 0.1) is 13.8 Å². The lowest BCUT2D eigenvalue weighted by molar-refractivity contribution is -0.0113. The minimum atomic E-state index is -0.331. The molecule has 2 heterocycles. The lowest BCUT2D eigenvalue weighted by Gasteiger charge is -2.07. The summed E-state index contributed by atoms with van der Waals surface area (Å²) in [6.45, 7) is 4.35. The summed E-state index contributed by atoms with van der Waals surface area (Å²) in [4.78, 5) is 14.1. The lowest BCUT2D eigenvalue weighted by Crippen LogP contribution is -1.97. The molecule has 0 aliphatic carbocycles. The van der Waals surface area contributed by atoms with Crippen LogP contribution in [0.5, 0.6) is 0 Å². The molecule has 0 aliphatic heterocycles. The zero-order chi connectivity index (χ0) is 20.5. The molecule has 6 nitrogen and oxygen atoms in total. The molecule has 0 fully saturated rings. The number of methoxy groups -OCH3 is 1. The van der Waals surface area contributed by atoms with Gasteiger partial charge in [-0.3, -0.25) is 4.98 Å². The van der Waals surface area contributed by atoms with Crippen molar-refractivity contribution in [3.8, 4) is 10.6 Å². The Kier molecular flexibility index (Phi) is 5.76. The van der Waals surface area contributed by atoms with Crippen molar-refractivity contribution in [1.29, 1.82) is 0 Å². The van der Waals surface area contributed by atoms with Crippen molar-refractivity contribution >= 4 is 44.2 Å². The van der Waals surface area contributed by atoms with Gasteiger partial charge in [0, 0.05) is 12.7 Å². The van der Waals surface area contributed by atoms with E-state index in [1.807, 2.05) is 26.0 Å². The Labute approximate surface area is 177 Å². The van der Waals surface area contributed by atoms with E-state index in [1.165, 1.54) is 0 Å². The maximum Gasteiger partial charge on any atom is 0.144 e. The van der Waals surface area contributed by atoms with Crippen LogP contribution in [0.15, 0.2) is 24.4 Å². The number of aromatic nitrogens is 3. The van der Waals surface area contributed by atoms with Gasteiger partial charge in [-0.2, -0.15) is 0 Å². The second-order valence-electron chi connectivity index (χ2n) is 6.79. The van der Waals surface area contributed by atoms with E-state index in [9.17, 15) is 0 Å². The van der Waals surface area contributed by atoms with Crippen LogP contribution < -0.4 is 0 Å². The molecular weight excluding hydrogens is 410 g/mol. The van der Waals surface area contributed by atoms with Gasteiger partial charge in [0.2, 0.25) is 0 Å². The van der Waals surface area contributed by atoms with E-state index in [2.05, 4.69) is 16.0 Å². The van der Waals surface area contributed by atoms with Gasteiger partial charge >= 0.3 is 0 Å². The summed E-state index contributed by atoms with van der Waals surface area (Å²) in [5, 5.41) is 10.4. The minimum absolute atomic E-state index is 0.298. The van der Waals surface area contributed by atoms with Crippen molar-refractivity contribution in [3.05, 3.63) is 51.8 Å². The fourth-order valence-corrected chi connectivity index (χ4v) is 4.65. The first-order valence-corrected chi connectivity index (χ1v) is 10.2. The van der Waals surface area contributed by atoms with E-state index in [0.29, 0.717) is 18.2 Å². The maximum absolute atomic E-state index is 8.95. The summed E-state index contributed by atoms with van der Waals surface area (Å²) < 4.78 is 11.3. The van der Waals surface area contributed by atoms with Crippen LogP contribution in [0.4, 0.5) is 0 Å². The van der Waals surface area contributed by atoms with Gasteiger partial charge in [0.05, 0.1) is 45.9 Å². The van der Waals surface area contributed by atoms with Crippen molar-refractivity contribution in [2.75, 3.05) is 13.9 Å². The average Bonchev–Trinajstić information content (AvgIpc) is 3.13. The number of benzene rings is 2. The molecule has 0 unspecified atom stereocenters. The van der Waals surface area contributed by atoms with Crippen molar-refractivity contribution < 1.29 is 14.6 Å². The molecule has 4 aromatic rings. The standard InChI is InChI=1S/C21H20ClN3O3S/c1-11-4-15(19-16(5-11)24-14(7-23-19)9-27-3)21-25-20-17(29-21)6-13(8-28-10-26)12(2)18(20)22/h4-7,26H,8-10H2,1-3H3. The first-order chi connectivity index (χ1) is 14.0. The van der Waals surface area contributed by atoms with Crippen molar-refractivity contribution in [3.63, 3.8) is 0 Å². The first kappa shape index (κ1) is 20.1. The van der Waals surface area contributed by atoms with Gasteiger partial charge in [-0.15, -0.1) is 11.3 Å². The second kappa shape index (κ2) is 8.30.